The van der Waals surface area contributed by atoms with E-state index in [0.717, 1.165) is 11.3 Å². The maximum Gasteiger partial charge on any atom is 0.319 e. The first-order valence-corrected chi connectivity index (χ1v) is 5.15. The topological polar surface area (TPSA) is 66.9 Å². The molecule has 0 saturated carbocycles. The van der Waals surface area contributed by atoms with Crippen LogP contribution >= 0.6 is 0 Å². The Morgan fingerprint density at radius 2 is 1.94 bits per heavy atom. The fraction of sp³-hybridized carbons (Fsp3) is 0.0833. The fourth-order valence-corrected chi connectivity index (χ4v) is 1.35. The van der Waals surface area contributed by atoms with Crippen LogP contribution in [0.3, 0.4) is 0 Å². The van der Waals surface area contributed by atoms with Crippen LogP contribution in [0.1, 0.15) is 0 Å². The molecule has 0 fully saturated rings. The highest BCUT2D eigenvalue weighted by molar-refractivity contribution is 5.88. The van der Waals surface area contributed by atoms with Gasteiger partial charge in [-0.05, 0) is 24.3 Å². The van der Waals surface area contributed by atoms with Crippen LogP contribution in [0, 0.1) is 0 Å². The van der Waals surface area contributed by atoms with Gasteiger partial charge in [0, 0.05) is 25.0 Å². The van der Waals surface area contributed by atoms with Crippen molar-refractivity contribution in [2.45, 2.75) is 0 Å². The van der Waals surface area contributed by atoms with E-state index in [4.69, 9.17) is 0 Å². The molecule has 0 atom stereocenters. The minimum Gasteiger partial charge on any atom is -0.341 e. The summed E-state index contributed by atoms with van der Waals surface area (Å²) in [6.45, 7) is 0. The first kappa shape index (κ1) is 11.1. The average Bonchev–Trinajstić information content (AvgIpc) is 2.40. The van der Waals surface area contributed by atoms with Gasteiger partial charge in [0.2, 0.25) is 0 Å². The second kappa shape index (κ2) is 5.07. The van der Waals surface area contributed by atoms with E-state index >= 15 is 0 Å². The summed E-state index contributed by atoms with van der Waals surface area (Å²) in [5.74, 6) is 0. The van der Waals surface area contributed by atoms with Gasteiger partial charge in [-0.2, -0.15) is 0 Å². The zero-order valence-corrected chi connectivity index (χ0v) is 9.34. The van der Waals surface area contributed by atoms with Crippen molar-refractivity contribution in [3.05, 3.63) is 42.9 Å². The zero-order chi connectivity index (χ0) is 12.1. The number of pyridine rings is 2. The molecule has 2 N–H and O–H groups in total. The van der Waals surface area contributed by atoms with Crippen molar-refractivity contribution in [1.82, 2.24) is 15.3 Å². The largest absolute Gasteiger partial charge is 0.341 e. The summed E-state index contributed by atoms with van der Waals surface area (Å²) in [5, 5.41) is 5.12. The van der Waals surface area contributed by atoms with Crippen LogP contribution in [0.5, 0.6) is 0 Å². The summed E-state index contributed by atoms with van der Waals surface area (Å²) in [5.41, 5.74) is 2.49. The fourth-order valence-electron chi connectivity index (χ4n) is 1.35. The molecule has 0 spiro atoms. The molecule has 17 heavy (non-hydrogen) atoms. The number of hydrogen-bond donors (Lipinski definition) is 2. The van der Waals surface area contributed by atoms with Crippen molar-refractivity contribution in [2.75, 3.05) is 12.4 Å². The van der Waals surface area contributed by atoms with E-state index in [-0.39, 0.29) is 6.03 Å². The van der Waals surface area contributed by atoms with Crippen LogP contribution in [0.2, 0.25) is 0 Å². The van der Waals surface area contributed by atoms with Gasteiger partial charge in [0.25, 0.3) is 0 Å². The standard InChI is InChI=1S/C12H12N4O/c1-13-12(17)16-10-2-3-11(15-8-10)9-4-6-14-7-5-9/h2-8H,1H3,(H2,13,16,17). The van der Waals surface area contributed by atoms with Crippen molar-refractivity contribution in [3.8, 4) is 11.3 Å². The quantitative estimate of drug-likeness (QED) is 0.824. The Morgan fingerprint density at radius 3 is 2.53 bits per heavy atom. The van der Waals surface area contributed by atoms with Gasteiger partial charge in [-0.1, -0.05) is 0 Å². The molecule has 2 aromatic heterocycles. The first-order chi connectivity index (χ1) is 8.29. The number of nitrogens with zero attached hydrogens (tertiary/aromatic N) is 2. The van der Waals surface area contributed by atoms with Gasteiger partial charge in [0.15, 0.2) is 0 Å². The lowest BCUT2D eigenvalue weighted by Gasteiger charge is -2.05. The number of rotatable bonds is 2. The molecule has 2 aromatic rings. The summed E-state index contributed by atoms with van der Waals surface area (Å²) in [7, 11) is 1.56. The number of amides is 2. The van der Waals surface area contributed by atoms with Gasteiger partial charge in [-0.25, -0.2) is 4.79 Å². The minimum absolute atomic E-state index is 0.261. The highest BCUT2D eigenvalue weighted by atomic mass is 16.2. The summed E-state index contributed by atoms with van der Waals surface area (Å²) in [6, 6.07) is 7.16. The van der Waals surface area contributed by atoms with Crippen molar-refractivity contribution in [3.63, 3.8) is 0 Å². The summed E-state index contributed by atoms with van der Waals surface area (Å²) >= 11 is 0. The van der Waals surface area contributed by atoms with Crippen molar-refractivity contribution in [1.29, 1.82) is 0 Å². The molecule has 0 unspecified atom stereocenters. The molecule has 5 nitrogen and oxygen atoms in total. The molecule has 2 rings (SSSR count). The normalized spacial score (nSPS) is 9.71. The van der Waals surface area contributed by atoms with E-state index in [2.05, 4.69) is 20.6 Å². The van der Waals surface area contributed by atoms with Gasteiger partial charge in [-0.3, -0.25) is 9.97 Å². The van der Waals surface area contributed by atoms with Crippen LogP contribution in [0.15, 0.2) is 42.9 Å². The molecule has 0 saturated heterocycles. The van der Waals surface area contributed by atoms with Gasteiger partial charge in [0.05, 0.1) is 17.6 Å². The predicted molar refractivity (Wildman–Crippen MR) is 65.5 cm³/mol. The third-order valence-corrected chi connectivity index (χ3v) is 2.22. The smallest absolute Gasteiger partial charge is 0.319 e. The van der Waals surface area contributed by atoms with Crippen molar-refractivity contribution in [2.24, 2.45) is 0 Å². The molecule has 0 aliphatic heterocycles. The van der Waals surface area contributed by atoms with Crippen LogP contribution in [-0.2, 0) is 0 Å². The molecule has 0 radical (unpaired) electrons. The molecule has 0 aliphatic rings. The third-order valence-electron chi connectivity index (χ3n) is 2.22. The molecule has 0 aromatic carbocycles. The lowest BCUT2D eigenvalue weighted by molar-refractivity contribution is 0.254. The van der Waals surface area contributed by atoms with Gasteiger partial charge in [0.1, 0.15) is 0 Å². The molecular formula is C12H12N4O. The van der Waals surface area contributed by atoms with Crippen LogP contribution in [0.4, 0.5) is 10.5 Å². The number of nitrogens with one attached hydrogen (secondary N) is 2. The van der Waals surface area contributed by atoms with Crippen LogP contribution in [-0.4, -0.2) is 23.0 Å². The third kappa shape index (κ3) is 2.78. The lowest BCUT2D eigenvalue weighted by atomic mass is 10.2. The van der Waals surface area contributed by atoms with Crippen molar-refractivity contribution < 1.29 is 4.79 Å². The Kier molecular flexibility index (Phi) is 3.30. The number of carbonyl (C=O) groups is 1. The molecular weight excluding hydrogens is 216 g/mol. The van der Waals surface area contributed by atoms with Crippen LogP contribution in [0.25, 0.3) is 11.3 Å². The highest BCUT2D eigenvalue weighted by Crippen LogP contribution is 2.17. The Morgan fingerprint density at radius 1 is 1.18 bits per heavy atom. The van der Waals surface area contributed by atoms with E-state index in [1.807, 2.05) is 18.2 Å². The zero-order valence-electron chi connectivity index (χ0n) is 9.34. The van der Waals surface area contributed by atoms with Gasteiger partial charge < -0.3 is 10.6 Å². The van der Waals surface area contributed by atoms with E-state index in [9.17, 15) is 4.79 Å². The second-order valence-corrected chi connectivity index (χ2v) is 3.37. The Balaban J connectivity index is 2.16. The maximum atomic E-state index is 11.1. The van der Waals surface area contributed by atoms with E-state index in [1.54, 1.807) is 31.7 Å². The highest BCUT2D eigenvalue weighted by Gasteiger charge is 2.01. The monoisotopic (exact) mass is 228 g/mol. The predicted octanol–water partition coefficient (Wildman–Crippen LogP) is 1.89. The summed E-state index contributed by atoms with van der Waals surface area (Å²) in [6.07, 6.45) is 5.05. The lowest BCUT2D eigenvalue weighted by Crippen LogP contribution is -2.24. The van der Waals surface area contributed by atoms with Crippen LogP contribution < -0.4 is 10.6 Å². The SMILES string of the molecule is CNC(=O)Nc1ccc(-c2ccncc2)nc1. The first-order valence-electron chi connectivity index (χ1n) is 5.15. The van der Waals surface area contributed by atoms with Gasteiger partial charge >= 0.3 is 6.03 Å². The average molecular weight is 228 g/mol. The van der Waals surface area contributed by atoms with E-state index < -0.39 is 0 Å². The van der Waals surface area contributed by atoms with E-state index in [1.165, 1.54) is 0 Å². The molecule has 2 heterocycles. The molecule has 2 amide bonds. The van der Waals surface area contributed by atoms with Gasteiger partial charge in [-0.15, -0.1) is 0 Å². The Labute approximate surface area is 98.9 Å². The minimum atomic E-state index is -0.261. The number of anilines is 1. The molecule has 86 valence electrons. The number of hydrogen-bond acceptors (Lipinski definition) is 3. The second-order valence-electron chi connectivity index (χ2n) is 3.37. The number of aromatic nitrogens is 2. The maximum absolute atomic E-state index is 11.1. The number of carbonyl (C=O) groups excluding carboxylic acids is 1. The Hall–Kier alpha value is -2.43. The molecule has 0 aliphatic carbocycles. The molecule has 5 heteroatoms. The summed E-state index contributed by atoms with van der Waals surface area (Å²) < 4.78 is 0. The number of urea groups is 1. The molecule has 0 bridgehead atoms. The summed E-state index contributed by atoms with van der Waals surface area (Å²) in [4.78, 5) is 19.3. The Bertz CT molecular complexity index is 496. The van der Waals surface area contributed by atoms with Crippen molar-refractivity contribution >= 4 is 11.7 Å². The van der Waals surface area contributed by atoms with E-state index in [0.29, 0.717) is 5.69 Å².